The van der Waals surface area contributed by atoms with Crippen LogP contribution in [0.4, 0.5) is 5.82 Å². The molecule has 1 aliphatic rings. The van der Waals surface area contributed by atoms with Gasteiger partial charge in [0.05, 0.1) is 34.9 Å². The highest BCUT2D eigenvalue weighted by Gasteiger charge is 2.28. The third kappa shape index (κ3) is 3.81. The predicted molar refractivity (Wildman–Crippen MR) is 96.9 cm³/mol. The Hall–Kier alpha value is -2.45. The molecule has 0 unspecified atom stereocenters. The van der Waals surface area contributed by atoms with Gasteiger partial charge in [0, 0.05) is 20.1 Å². The number of nitrogens with zero attached hydrogens (tertiary/aromatic N) is 4. The number of carbonyl (C=O) groups is 1. The summed E-state index contributed by atoms with van der Waals surface area (Å²) in [5, 5.41) is 15.6. The molecule has 1 aromatic carbocycles. The van der Waals surface area contributed by atoms with Gasteiger partial charge in [-0.2, -0.15) is 14.7 Å². The number of sulfonamides is 1. The van der Waals surface area contributed by atoms with E-state index in [4.69, 9.17) is 21.6 Å². The van der Waals surface area contributed by atoms with E-state index in [0.29, 0.717) is 13.2 Å². The molecular formula is C16H16ClN5O4S. The fraction of sp³-hybridized carbons (Fsp3) is 0.312. The maximum absolute atomic E-state index is 12.8. The summed E-state index contributed by atoms with van der Waals surface area (Å²) in [6.45, 7) is 1.12. The molecule has 142 valence electrons. The van der Waals surface area contributed by atoms with Gasteiger partial charge in [0.25, 0.3) is 5.91 Å². The van der Waals surface area contributed by atoms with E-state index in [9.17, 15) is 13.2 Å². The van der Waals surface area contributed by atoms with Crippen LogP contribution in [0.15, 0.2) is 29.3 Å². The Labute approximate surface area is 161 Å². The summed E-state index contributed by atoms with van der Waals surface area (Å²) < 4.78 is 33.4. The van der Waals surface area contributed by atoms with Crippen LogP contribution in [0.3, 0.4) is 0 Å². The zero-order chi connectivity index (χ0) is 19.6. The quantitative estimate of drug-likeness (QED) is 0.811. The molecular weight excluding hydrogens is 394 g/mol. The molecule has 0 aliphatic carbocycles. The molecule has 0 atom stereocenters. The first-order valence-electron chi connectivity index (χ1n) is 7.95. The zero-order valence-corrected chi connectivity index (χ0v) is 15.9. The molecule has 1 fully saturated rings. The van der Waals surface area contributed by atoms with Gasteiger partial charge in [0.15, 0.2) is 0 Å². The topological polar surface area (TPSA) is 117 Å². The van der Waals surface area contributed by atoms with Crippen molar-refractivity contribution >= 4 is 33.3 Å². The van der Waals surface area contributed by atoms with E-state index in [2.05, 4.69) is 10.4 Å². The lowest BCUT2D eigenvalue weighted by atomic mass is 10.2. The number of aryl methyl sites for hydroxylation is 1. The first kappa shape index (κ1) is 19.3. The number of aromatic nitrogens is 2. The number of nitrogens with one attached hydrogen (secondary N) is 1. The van der Waals surface area contributed by atoms with Crippen LogP contribution < -0.4 is 5.32 Å². The summed E-state index contributed by atoms with van der Waals surface area (Å²) in [6.07, 6.45) is 1.32. The lowest BCUT2D eigenvalue weighted by Crippen LogP contribution is -2.40. The van der Waals surface area contributed by atoms with Crippen LogP contribution in [0, 0.1) is 11.3 Å². The molecule has 27 heavy (non-hydrogen) atoms. The van der Waals surface area contributed by atoms with Crippen LogP contribution in [0.5, 0.6) is 0 Å². The Morgan fingerprint density at radius 3 is 2.74 bits per heavy atom. The van der Waals surface area contributed by atoms with Crippen molar-refractivity contribution in [2.45, 2.75) is 4.90 Å². The molecule has 1 N–H and O–H groups in total. The Balaban J connectivity index is 1.92. The van der Waals surface area contributed by atoms with Crippen molar-refractivity contribution in [2.75, 3.05) is 31.6 Å². The monoisotopic (exact) mass is 409 g/mol. The highest BCUT2D eigenvalue weighted by molar-refractivity contribution is 7.89. The fourth-order valence-corrected chi connectivity index (χ4v) is 4.26. The van der Waals surface area contributed by atoms with Gasteiger partial charge in [-0.05, 0) is 18.2 Å². The van der Waals surface area contributed by atoms with Crippen molar-refractivity contribution in [3.05, 3.63) is 40.5 Å². The number of amides is 1. The van der Waals surface area contributed by atoms with Gasteiger partial charge in [-0.1, -0.05) is 11.6 Å². The van der Waals surface area contributed by atoms with Gasteiger partial charge >= 0.3 is 0 Å². The maximum atomic E-state index is 12.8. The number of halogens is 1. The number of hydrogen-bond acceptors (Lipinski definition) is 6. The van der Waals surface area contributed by atoms with Gasteiger partial charge in [-0.3, -0.25) is 9.48 Å². The summed E-state index contributed by atoms with van der Waals surface area (Å²) in [6, 6.07) is 5.86. The Kier molecular flexibility index (Phi) is 5.48. The van der Waals surface area contributed by atoms with E-state index in [1.54, 1.807) is 7.05 Å². The minimum absolute atomic E-state index is 0.0175. The number of carbonyl (C=O) groups excluding carboxylic acids is 1. The molecule has 1 aliphatic heterocycles. The number of ether oxygens (including phenoxy) is 1. The van der Waals surface area contributed by atoms with Crippen LogP contribution in [0.1, 0.15) is 15.9 Å². The number of hydrogen-bond donors (Lipinski definition) is 1. The van der Waals surface area contributed by atoms with Crippen molar-refractivity contribution in [1.29, 1.82) is 5.26 Å². The van der Waals surface area contributed by atoms with Crippen molar-refractivity contribution < 1.29 is 17.9 Å². The summed E-state index contributed by atoms with van der Waals surface area (Å²) in [5.41, 5.74) is 0.162. The van der Waals surface area contributed by atoms with Gasteiger partial charge < -0.3 is 10.1 Å². The molecule has 9 nitrogen and oxygen atoms in total. The highest BCUT2D eigenvalue weighted by Crippen LogP contribution is 2.25. The van der Waals surface area contributed by atoms with E-state index in [1.807, 2.05) is 6.07 Å². The van der Waals surface area contributed by atoms with Crippen LogP contribution in [-0.2, 0) is 21.8 Å². The molecule has 1 saturated heterocycles. The largest absolute Gasteiger partial charge is 0.379 e. The number of rotatable bonds is 4. The summed E-state index contributed by atoms with van der Waals surface area (Å²) in [7, 11) is -2.21. The Morgan fingerprint density at radius 1 is 1.37 bits per heavy atom. The minimum Gasteiger partial charge on any atom is -0.379 e. The average Bonchev–Trinajstić information content (AvgIpc) is 3.02. The molecule has 2 heterocycles. The second kappa shape index (κ2) is 7.66. The summed E-state index contributed by atoms with van der Waals surface area (Å²) in [5.74, 6) is -0.445. The van der Waals surface area contributed by atoms with Gasteiger partial charge in [-0.15, -0.1) is 0 Å². The first-order chi connectivity index (χ1) is 12.8. The molecule has 1 aromatic heterocycles. The lowest BCUT2D eigenvalue weighted by Gasteiger charge is -2.26. The van der Waals surface area contributed by atoms with Crippen molar-refractivity contribution in [2.24, 2.45) is 7.05 Å². The number of nitriles is 1. The van der Waals surface area contributed by atoms with E-state index < -0.39 is 15.9 Å². The highest BCUT2D eigenvalue weighted by atomic mass is 35.5. The fourth-order valence-electron chi connectivity index (χ4n) is 2.62. The van der Waals surface area contributed by atoms with Crippen LogP contribution >= 0.6 is 11.6 Å². The first-order valence-corrected chi connectivity index (χ1v) is 9.77. The van der Waals surface area contributed by atoms with Crippen molar-refractivity contribution in [3.63, 3.8) is 0 Å². The molecule has 0 bridgehead atoms. The zero-order valence-electron chi connectivity index (χ0n) is 14.3. The third-order valence-electron chi connectivity index (χ3n) is 4.08. The van der Waals surface area contributed by atoms with Crippen molar-refractivity contribution in [1.82, 2.24) is 14.1 Å². The molecule has 0 saturated carbocycles. The van der Waals surface area contributed by atoms with E-state index >= 15 is 0 Å². The van der Waals surface area contributed by atoms with E-state index in [0.717, 1.165) is 0 Å². The maximum Gasteiger partial charge on any atom is 0.258 e. The second-order valence-corrected chi connectivity index (χ2v) is 8.10. The smallest absolute Gasteiger partial charge is 0.258 e. The normalized spacial score (nSPS) is 15.3. The minimum atomic E-state index is -3.77. The van der Waals surface area contributed by atoms with Crippen LogP contribution in [0.2, 0.25) is 5.02 Å². The summed E-state index contributed by atoms with van der Waals surface area (Å²) in [4.78, 5) is 12.6. The Morgan fingerprint density at radius 2 is 2.07 bits per heavy atom. The average molecular weight is 410 g/mol. The lowest BCUT2D eigenvalue weighted by molar-refractivity contribution is 0.0730. The Bertz CT molecular complexity index is 1020. The molecule has 11 heteroatoms. The third-order valence-corrected chi connectivity index (χ3v) is 6.31. The number of benzene rings is 1. The molecule has 0 spiro atoms. The van der Waals surface area contributed by atoms with Gasteiger partial charge in [0.2, 0.25) is 10.0 Å². The second-order valence-electron chi connectivity index (χ2n) is 5.75. The van der Waals surface area contributed by atoms with Gasteiger partial charge in [-0.25, -0.2) is 8.42 Å². The predicted octanol–water partition coefficient (Wildman–Crippen LogP) is 1.22. The van der Waals surface area contributed by atoms with E-state index in [1.165, 1.54) is 33.4 Å². The number of anilines is 1. The van der Waals surface area contributed by atoms with Gasteiger partial charge in [0.1, 0.15) is 17.5 Å². The summed E-state index contributed by atoms with van der Waals surface area (Å²) >= 11 is 6.10. The van der Waals surface area contributed by atoms with Crippen LogP contribution in [0.25, 0.3) is 0 Å². The van der Waals surface area contributed by atoms with Crippen LogP contribution in [-0.4, -0.2) is 54.7 Å². The van der Waals surface area contributed by atoms with E-state index in [-0.39, 0.29) is 40.0 Å². The molecule has 3 rings (SSSR count). The standard InChI is InChI=1S/C16H16ClN5O4S/c1-21-15(11(9-18)10-19-21)20-16(23)13-8-12(2-3-14(13)17)27(24,25)22-4-6-26-7-5-22/h2-3,8,10H,4-7H2,1H3,(H,20,23). The van der Waals surface area contributed by atoms with Crippen molar-refractivity contribution in [3.8, 4) is 6.07 Å². The number of morpholine rings is 1. The SMILES string of the molecule is Cn1ncc(C#N)c1NC(=O)c1cc(S(=O)(=O)N2CCOCC2)ccc1Cl. The molecule has 1 amide bonds. The molecule has 2 aromatic rings. The molecule has 0 radical (unpaired) electrons.